The molecule has 0 saturated carbocycles. The molecule has 4 nitrogen and oxygen atoms in total. The number of benzene rings is 2. The molecule has 0 radical (unpaired) electrons. The summed E-state index contributed by atoms with van der Waals surface area (Å²) in [5.74, 6) is -0.115. The number of carbonyl (C=O) groups is 1. The molecule has 2 rings (SSSR count). The molecule has 0 heterocycles. The number of ether oxygens (including phenoxy) is 2. The Hall–Kier alpha value is -2.27. The molecular weight excluding hydrogens is 333 g/mol. The average molecular weight is 352 g/mol. The summed E-state index contributed by atoms with van der Waals surface area (Å²) in [4.78, 5) is 12.1. The van der Waals surface area contributed by atoms with E-state index in [-0.39, 0.29) is 11.8 Å². The van der Waals surface area contributed by atoms with Crippen LogP contribution in [0.25, 0.3) is 0 Å². The topological polar surface area (TPSA) is 47.6 Å². The standard InChI is InChI=1S/C18H19ClFNO3/c1-11(2)23-15-8-9-17(16(20)10-15)21-18(22)12(3)24-14-6-4-13(19)5-7-14/h4-12H,1-3H3,(H,21,22). The van der Waals surface area contributed by atoms with Crippen LogP contribution < -0.4 is 14.8 Å². The predicted octanol–water partition coefficient (Wildman–Crippen LogP) is 4.67. The fourth-order valence-electron chi connectivity index (χ4n) is 1.95. The minimum absolute atomic E-state index is 0.0577. The largest absolute Gasteiger partial charge is 0.491 e. The third-order valence-electron chi connectivity index (χ3n) is 3.07. The molecule has 2 aromatic rings. The monoisotopic (exact) mass is 351 g/mol. The summed E-state index contributed by atoms with van der Waals surface area (Å²) in [5.41, 5.74) is 0.0719. The number of nitrogens with one attached hydrogen (secondary N) is 1. The van der Waals surface area contributed by atoms with Crippen molar-refractivity contribution in [2.75, 3.05) is 5.32 Å². The van der Waals surface area contributed by atoms with E-state index in [0.29, 0.717) is 16.5 Å². The number of hydrogen-bond acceptors (Lipinski definition) is 3. The van der Waals surface area contributed by atoms with Crippen LogP contribution in [-0.4, -0.2) is 18.1 Å². The van der Waals surface area contributed by atoms with Crippen molar-refractivity contribution in [1.82, 2.24) is 0 Å². The van der Waals surface area contributed by atoms with Crippen LogP contribution in [0.3, 0.4) is 0 Å². The lowest BCUT2D eigenvalue weighted by molar-refractivity contribution is -0.122. The predicted molar refractivity (Wildman–Crippen MR) is 92.3 cm³/mol. The molecule has 2 aromatic carbocycles. The quantitative estimate of drug-likeness (QED) is 0.822. The number of amides is 1. The van der Waals surface area contributed by atoms with Gasteiger partial charge in [0, 0.05) is 11.1 Å². The van der Waals surface area contributed by atoms with Crippen molar-refractivity contribution in [2.45, 2.75) is 33.0 Å². The second-order valence-electron chi connectivity index (χ2n) is 5.51. The van der Waals surface area contributed by atoms with Crippen LogP contribution in [0.15, 0.2) is 42.5 Å². The minimum atomic E-state index is -0.794. The van der Waals surface area contributed by atoms with Crippen LogP contribution in [0.4, 0.5) is 10.1 Å². The Balaban J connectivity index is 1.99. The van der Waals surface area contributed by atoms with Gasteiger partial charge in [-0.25, -0.2) is 4.39 Å². The molecule has 6 heteroatoms. The van der Waals surface area contributed by atoms with E-state index in [4.69, 9.17) is 21.1 Å². The summed E-state index contributed by atoms with van der Waals surface area (Å²) in [7, 11) is 0. The molecule has 0 aliphatic rings. The highest BCUT2D eigenvalue weighted by Crippen LogP contribution is 2.22. The van der Waals surface area contributed by atoms with Crippen molar-refractivity contribution in [3.8, 4) is 11.5 Å². The third-order valence-corrected chi connectivity index (χ3v) is 3.32. The van der Waals surface area contributed by atoms with Crippen molar-refractivity contribution in [3.05, 3.63) is 53.3 Å². The summed E-state index contributed by atoms with van der Waals surface area (Å²) in [6.07, 6.45) is -0.852. The Bertz CT molecular complexity index is 704. The van der Waals surface area contributed by atoms with Gasteiger partial charge in [0.1, 0.15) is 17.3 Å². The zero-order valence-corrected chi connectivity index (χ0v) is 14.4. The van der Waals surface area contributed by atoms with Crippen LogP contribution in [-0.2, 0) is 4.79 Å². The van der Waals surface area contributed by atoms with E-state index in [1.807, 2.05) is 13.8 Å². The second kappa shape index (κ2) is 8.02. The summed E-state index contributed by atoms with van der Waals surface area (Å²) in [6, 6.07) is 10.9. The normalized spacial score (nSPS) is 11.9. The molecule has 0 bridgehead atoms. The van der Waals surface area contributed by atoms with Crippen molar-refractivity contribution in [2.24, 2.45) is 0 Å². The molecule has 0 saturated heterocycles. The summed E-state index contributed by atoms with van der Waals surface area (Å²) in [6.45, 7) is 5.28. The molecule has 1 N–H and O–H groups in total. The van der Waals surface area contributed by atoms with E-state index in [0.717, 1.165) is 0 Å². The smallest absolute Gasteiger partial charge is 0.265 e. The first kappa shape index (κ1) is 18.1. The van der Waals surface area contributed by atoms with Gasteiger partial charge in [0.05, 0.1) is 11.8 Å². The Labute approximate surface area is 145 Å². The molecule has 128 valence electrons. The van der Waals surface area contributed by atoms with E-state index in [2.05, 4.69) is 5.32 Å². The lowest BCUT2D eigenvalue weighted by Gasteiger charge is -2.16. The Morgan fingerprint density at radius 2 is 1.67 bits per heavy atom. The van der Waals surface area contributed by atoms with Gasteiger partial charge < -0.3 is 14.8 Å². The lowest BCUT2D eigenvalue weighted by Crippen LogP contribution is -2.30. The van der Waals surface area contributed by atoms with Gasteiger partial charge in [0.25, 0.3) is 5.91 Å². The maximum Gasteiger partial charge on any atom is 0.265 e. The fraction of sp³-hybridized carbons (Fsp3) is 0.278. The molecule has 24 heavy (non-hydrogen) atoms. The van der Waals surface area contributed by atoms with Gasteiger partial charge in [-0.05, 0) is 57.2 Å². The van der Waals surface area contributed by atoms with Crippen molar-refractivity contribution < 1.29 is 18.7 Å². The van der Waals surface area contributed by atoms with Gasteiger partial charge in [-0.2, -0.15) is 0 Å². The van der Waals surface area contributed by atoms with Crippen LogP contribution in [0.5, 0.6) is 11.5 Å². The first-order chi connectivity index (χ1) is 11.3. The Morgan fingerprint density at radius 1 is 1.04 bits per heavy atom. The van der Waals surface area contributed by atoms with Gasteiger partial charge in [-0.1, -0.05) is 11.6 Å². The SMILES string of the molecule is CC(C)Oc1ccc(NC(=O)C(C)Oc2ccc(Cl)cc2)c(F)c1. The van der Waals surface area contributed by atoms with Crippen LogP contribution >= 0.6 is 11.6 Å². The number of rotatable bonds is 6. The highest BCUT2D eigenvalue weighted by molar-refractivity contribution is 6.30. The summed E-state index contributed by atoms with van der Waals surface area (Å²) in [5, 5.41) is 3.08. The highest BCUT2D eigenvalue weighted by atomic mass is 35.5. The average Bonchev–Trinajstić information content (AvgIpc) is 2.51. The van der Waals surface area contributed by atoms with E-state index in [9.17, 15) is 9.18 Å². The van der Waals surface area contributed by atoms with Crippen LogP contribution in [0, 0.1) is 5.82 Å². The Kier molecular flexibility index (Phi) is 6.04. The molecule has 0 spiro atoms. The van der Waals surface area contributed by atoms with E-state index >= 15 is 0 Å². The van der Waals surface area contributed by atoms with Gasteiger partial charge >= 0.3 is 0 Å². The fourth-order valence-corrected chi connectivity index (χ4v) is 2.07. The summed E-state index contributed by atoms with van der Waals surface area (Å²) < 4.78 is 25.0. The van der Waals surface area contributed by atoms with E-state index < -0.39 is 17.8 Å². The minimum Gasteiger partial charge on any atom is -0.491 e. The maximum atomic E-state index is 14.0. The first-order valence-electron chi connectivity index (χ1n) is 7.54. The van der Waals surface area contributed by atoms with Crippen molar-refractivity contribution in [1.29, 1.82) is 0 Å². The van der Waals surface area contributed by atoms with Crippen molar-refractivity contribution >= 4 is 23.2 Å². The Morgan fingerprint density at radius 3 is 2.25 bits per heavy atom. The zero-order valence-electron chi connectivity index (χ0n) is 13.7. The van der Waals surface area contributed by atoms with Gasteiger partial charge in [-0.15, -0.1) is 0 Å². The van der Waals surface area contributed by atoms with Gasteiger partial charge in [-0.3, -0.25) is 4.79 Å². The third kappa shape index (κ3) is 5.13. The zero-order chi connectivity index (χ0) is 17.7. The number of anilines is 1. The van der Waals surface area contributed by atoms with Crippen molar-refractivity contribution in [3.63, 3.8) is 0 Å². The number of halogens is 2. The molecule has 0 aliphatic carbocycles. The van der Waals surface area contributed by atoms with Crippen LogP contribution in [0.2, 0.25) is 5.02 Å². The van der Waals surface area contributed by atoms with Crippen LogP contribution in [0.1, 0.15) is 20.8 Å². The van der Waals surface area contributed by atoms with E-state index in [1.165, 1.54) is 12.1 Å². The maximum absolute atomic E-state index is 14.0. The lowest BCUT2D eigenvalue weighted by atomic mass is 10.2. The molecule has 0 aliphatic heterocycles. The molecule has 1 atom stereocenters. The summed E-state index contributed by atoms with van der Waals surface area (Å²) >= 11 is 5.79. The molecular formula is C18H19ClFNO3. The number of carbonyl (C=O) groups excluding carboxylic acids is 1. The van der Waals surface area contributed by atoms with Gasteiger partial charge in [0.15, 0.2) is 6.10 Å². The van der Waals surface area contributed by atoms with E-state index in [1.54, 1.807) is 37.3 Å². The molecule has 0 aromatic heterocycles. The molecule has 0 fully saturated rings. The molecule has 1 unspecified atom stereocenters. The first-order valence-corrected chi connectivity index (χ1v) is 7.92. The molecule has 1 amide bonds. The highest BCUT2D eigenvalue weighted by Gasteiger charge is 2.17. The van der Waals surface area contributed by atoms with Gasteiger partial charge in [0.2, 0.25) is 0 Å². The second-order valence-corrected chi connectivity index (χ2v) is 5.95. The number of hydrogen-bond donors (Lipinski definition) is 1.